The van der Waals surface area contributed by atoms with Gasteiger partial charge in [-0.1, -0.05) is 55.2 Å². The predicted octanol–water partition coefficient (Wildman–Crippen LogP) is 7.61. The Hall–Kier alpha value is -3.07. The molecule has 0 heterocycles. The summed E-state index contributed by atoms with van der Waals surface area (Å²) in [6, 6.07) is 13.9. The minimum Gasteiger partial charge on any atom is -0.491 e. The highest BCUT2D eigenvalue weighted by Crippen LogP contribution is 2.32. The molecule has 0 radical (unpaired) electrons. The van der Waals surface area contributed by atoms with E-state index in [-0.39, 0.29) is 10.6 Å². The summed E-state index contributed by atoms with van der Waals surface area (Å²) in [4.78, 5) is 27.4. The van der Waals surface area contributed by atoms with Gasteiger partial charge in [-0.25, -0.2) is 0 Å². The van der Waals surface area contributed by atoms with Gasteiger partial charge in [0.05, 0.1) is 22.0 Å². The molecule has 0 unspecified atom stereocenters. The van der Waals surface area contributed by atoms with E-state index in [0.29, 0.717) is 34.2 Å². The van der Waals surface area contributed by atoms with Gasteiger partial charge in [0.25, 0.3) is 0 Å². The van der Waals surface area contributed by atoms with Gasteiger partial charge >= 0.3 is 6.18 Å². The van der Waals surface area contributed by atoms with E-state index < -0.39 is 29.9 Å². The number of Topliss-reactive ketones (excluding diaryl/α,β-unsaturated/α-hetero) is 1. The summed E-state index contributed by atoms with van der Waals surface area (Å²) < 4.78 is 44.1. The average Bonchev–Trinajstić information content (AvgIpc) is 2.87. The van der Waals surface area contributed by atoms with E-state index in [9.17, 15) is 22.8 Å². The second-order valence-electron chi connectivity index (χ2n) is 8.44. The molecular formula is C28H27Cl2F3N2O3. The van der Waals surface area contributed by atoms with Crippen molar-refractivity contribution in [3.05, 3.63) is 81.8 Å². The first-order valence-corrected chi connectivity index (χ1v) is 12.7. The van der Waals surface area contributed by atoms with E-state index in [1.165, 1.54) is 24.3 Å². The predicted molar refractivity (Wildman–Crippen MR) is 144 cm³/mol. The van der Waals surface area contributed by atoms with Crippen molar-refractivity contribution >= 4 is 40.6 Å². The number of ketones is 1. The van der Waals surface area contributed by atoms with Crippen molar-refractivity contribution in [1.82, 2.24) is 4.90 Å². The zero-order valence-corrected chi connectivity index (χ0v) is 22.4. The highest BCUT2D eigenvalue weighted by atomic mass is 35.5. The molecule has 3 aromatic rings. The van der Waals surface area contributed by atoms with Gasteiger partial charge in [0.2, 0.25) is 5.91 Å². The zero-order valence-electron chi connectivity index (χ0n) is 20.9. The normalized spacial score (nSPS) is 11.5. The van der Waals surface area contributed by atoms with Gasteiger partial charge in [-0.15, -0.1) is 0 Å². The summed E-state index contributed by atoms with van der Waals surface area (Å²) in [5.41, 5.74) is 0.830. The molecule has 202 valence electrons. The minimum absolute atomic E-state index is 0.0921. The lowest BCUT2D eigenvalue weighted by Gasteiger charge is -2.18. The summed E-state index contributed by atoms with van der Waals surface area (Å²) in [6.45, 7) is 7.23. The quantitative estimate of drug-likeness (QED) is 0.191. The Kier molecular flexibility index (Phi) is 10.2. The number of likely N-dealkylation sites (N-methyl/N-ethyl adjacent to an activating group) is 1. The van der Waals surface area contributed by atoms with Crippen molar-refractivity contribution in [3.8, 4) is 16.9 Å². The van der Waals surface area contributed by atoms with Gasteiger partial charge in [-0.2, -0.15) is 13.2 Å². The van der Waals surface area contributed by atoms with E-state index in [4.69, 9.17) is 27.9 Å². The van der Waals surface area contributed by atoms with Crippen LogP contribution in [0.15, 0.2) is 60.7 Å². The monoisotopic (exact) mass is 566 g/mol. The van der Waals surface area contributed by atoms with Gasteiger partial charge in [-0.3, -0.25) is 9.59 Å². The van der Waals surface area contributed by atoms with Crippen LogP contribution in [-0.4, -0.2) is 42.8 Å². The molecule has 10 heteroatoms. The summed E-state index contributed by atoms with van der Waals surface area (Å²) in [5, 5.41) is 3.06. The van der Waals surface area contributed by atoms with Gasteiger partial charge < -0.3 is 15.0 Å². The molecule has 1 N–H and O–H groups in total. The molecule has 5 nitrogen and oxygen atoms in total. The lowest BCUT2D eigenvalue weighted by Crippen LogP contribution is -2.27. The van der Waals surface area contributed by atoms with E-state index in [1.807, 2.05) is 0 Å². The Labute approximate surface area is 229 Å². The molecule has 0 aliphatic carbocycles. The lowest BCUT2D eigenvalue weighted by atomic mass is 10.00. The van der Waals surface area contributed by atoms with Gasteiger partial charge in [-0.05, 0) is 66.7 Å². The van der Waals surface area contributed by atoms with Crippen LogP contribution in [0.2, 0.25) is 10.0 Å². The first-order chi connectivity index (χ1) is 18.0. The van der Waals surface area contributed by atoms with Gasteiger partial charge in [0.15, 0.2) is 5.78 Å². The molecule has 0 fully saturated rings. The molecule has 1 amide bonds. The van der Waals surface area contributed by atoms with Crippen molar-refractivity contribution in [2.24, 2.45) is 0 Å². The smallest absolute Gasteiger partial charge is 0.416 e. The Morgan fingerprint density at radius 1 is 0.895 bits per heavy atom. The maximum Gasteiger partial charge on any atom is 0.416 e. The standard InChI is InChI=1S/C28H27Cl2F3N2O3/c1-3-35(4-2)13-14-38-26-12-10-21(16-24(26)30)34-27(37)17-25(36)22-11-7-19(15-23(22)29)18-5-8-20(9-6-18)28(31,32)33/h5-12,15-16H,3-4,13-14,17H2,1-2H3,(H,34,37). The maximum absolute atomic E-state index is 12.8. The van der Waals surface area contributed by atoms with Crippen LogP contribution in [0.1, 0.15) is 36.2 Å². The molecule has 0 aliphatic rings. The van der Waals surface area contributed by atoms with Crippen molar-refractivity contribution < 1.29 is 27.5 Å². The van der Waals surface area contributed by atoms with Crippen molar-refractivity contribution in [2.75, 3.05) is 31.6 Å². The fraction of sp³-hybridized carbons (Fsp3) is 0.286. The van der Waals surface area contributed by atoms with E-state index >= 15 is 0 Å². The van der Waals surface area contributed by atoms with Crippen molar-refractivity contribution in [1.29, 1.82) is 0 Å². The number of ether oxygens (including phenoxy) is 1. The highest BCUT2D eigenvalue weighted by Gasteiger charge is 2.30. The number of carbonyl (C=O) groups is 2. The van der Waals surface area contributed by atoms with Crippen LogP contribution >= 0.6 is 23.2 Å². The third-order valence-electron chi connectivity index (χ3n) is 5.91. The number of hydrogen-bond donors (Lipinski definition) is 1. The maximum atomic E-state index is 12.8. The molecule has 3 rings (SSSR count). The zero-order chi connectivity index (χ0) is 27.9. The second-order valence-corrected chi connectivity index (χ2v) is 9.25. The molecule has 3 aromatic carbocycles. The number of rotatable bonds is 11. The van der Waals surface area contributed by atoms with Crippen molar-refractivity contribution in [3.63, 3.8) is 0 Å². The van der Waals surface area contributed by atoms with Crippen LogP contribution in [0.4, 0.5) is 18.9 Å². The van der Waals surface area contributed by atoms with Crippen LogP contribution in [0, 0.1) is 0 Å². The highest BCUT2D eigenvalue weighted by molar-refractivity contribution is 6.35. The molecule has 38 heavy (non-hydrogen) atoms. The molecule has 0 bridgehead atoms. The number of halogens is 5. The van der Waals surface area contributed by atoms with Crippen molar-refractivity contribution in [2.45, 2.75) is 26.4 Å². The lowest BCUT2D eigenvalue weighted by molar-refractivity contribution is -0.137. The van der Waals surface area contributed by atoms with Crippen LogP contribution in [-0.2, 0) is 11.0 Å². The summed E-state index contributed by atoms with van der Waals surface area (Å²) in [7, 11) is 0. The number of benzene rings is 3. The van der Waals surface area contributed by atoms with E-state index in [0.717, 1.165) is 31.8 Å². The average molecular weight is 567 g/mol. The van der Waals surface area contributed by atoms with Gasteiger partial charge in [0, 0.05) is 17.8 Å². The Morgan fingerprint density at radius 2 is 1.55 bits per heavy atom. The Bertz CT molecular complexity index is 1280. The van der Waals surface area contributed by atoms with E-state index in [1.54, 1.807) is 24.3 Å². The Balaban J connectivity index is 1.59. The SMILES string of the molecule is CCN(CC)CCOc1ccc(NC(=O)CC(=O)c2ccc(-c3ccc(C(F)(F)F)cc3)cc2Cl)cc1Cl. The number of nitrogens with zero attached hydrogens (tertiary/aromatic N) is 1. The second kappa shape index (κ2) is 13.1. The topological polar surface area (TPSA) is 58.6 Å². The summed E-state index contributed by atoms with van der Waals surface area (Å²) in [5.74, 6) is -0.564. The third kappa shape index (κ3) is 7.96. The molecule has 0 spiro atoms. The number of amides is 1. The molecule has 0 aromatic heterocycles. The van der Waals surface area contributed by atoms with Gasteiger partial charge in [0.1, 0.15) is 12.4 Å². The number of anilines is 1. The largest absolute Gasteiger partial charge is 0.491 e. The summed E-state index contributed by atoms with van der Waals surface area (Å²) in [6.07, 6.45) is -4.89. The number of nitrogens with one attached hydrogen (secondary N) is 1. The van der Waals surface area contributed by atoms with Crippen LogP contribution in [0.3, 0.4) is 0 Å². The molecule has 0 saturated carbocycles. The van der Waals surface area contributed by atoms with Crippen LogP contribution in [0.5, 0.6) is 5.75 Å². The fourth-order valence-corrected chi connectivity index (χ4v) is 4.26. The molecular weight excluding hydrogens is 540 g/mol. The minimum atomic E-state index is -4.43. The third-order valence-corrected chi connectivity index (χ3v) is 6.52. The Morgan fingerprint density at radius 3 is 2.13 bits per heavy atom. The number of carbonyl (C=O) groups excluding carboxylic acids is 2. The first-order valence-electron chi connectivity index (χ1n) is 12.0. The number of hydrogen-bond acceptors (Lipinski definition) is 4. The molecule has 0 aliphatic heterocycles. The molecule has 0 atom stereocenters. The fourth-order valence-electron chi connectivity index (χ4n) is 3.74. The summed E-state index contributed by atoms with van der Waals surface area (Å²) >= 11 is 12.6. The van der Waals surface area contributed by atoms with Crippen LogP contribution < -0.4 is 10.1 Å². The first kappa shape index (κ1) is 29.5. The van der Waals surface area contributed by atoms with E-state index in [2.05, 4.69) is 24.1 Å². The number of alkyl halides is 3. The molecule has 0 saturated heterocycles. The van der Waals surface area contributed by atoms with Crippen LogP contribution in [0.25, 0.3) is 11.1 Å².